The molecule has 0 aromatic heterocycles. The van der Waals surface area contributed by atoms with E-state index in [0.29, 0.717) is 15.7 Å². The lowest BCUT2D eigenvalue weighted by Crippen LogP contribution is -2.34. The highest BCUT2D eigenvalue weighted by molar-refractivity contribution is 7.91. The molecule has 0 spiro atoms. The van der Waals surface area contributed by atoms with Crippen molar-refractivity contribution in [2.24, 2.45) is 5.73 Å². The molecule has 0 aliphatic heterocycles. The van der Waals surface area contributed by atoms with Crippen LogP contribution in [0.15, 0.2) is 58.3 Å². The highest BCUT2D eigenvalue weighted by Crippen LogP contribution is 2.38. The van der Waals surface area contributed by atoms with Gasteiger partial charge in [0, 0.05) is 5.54 Å². The molecule has 0 saturated carbocycles. The molecule has 4 heteroatoms. The monoisotopic (exact) mass is 343 g/mol. The SMILES string of the molecule is CC(C)(N)C[C@H]1CCCc2cc(S(=O)(=O)c3ccccc3)ccc21. The maximum Gasteiger partial charge on any atom is 0.206 e. The third-order valence-electron chi connectivity index (χ3n) is 4.69. The van der Waals surface area contributed by atoms with Crippen LogP contribution in [0.5, 0.6) is 0 Å². The first-order chi connectivity index (χ1) is 11.3. The van der Waals surface area contributed by atoms with Gasteiger partial charge < -0.3 is 5.73 Å². The Labute approximate surface area is 144 Å². The molecule has 3 nitrogen and oxygen atoms in total. The van der Waals surface area contributed by atoms with Crippen LogP contribution in [0.2, 0.25) is 0 Å². The van der Waals surface area contributed by atoms with E-state index in [-0.39, 0.29) is 5.54 Å². The zero-order valence-corrected chi connectivity index (χ0v) is 15.1. The Kier molecular flexibility index (Phi) is 4.54. The van der Waals surface area contributed by atoms with Crippen LogP contribution in [0, 0.1) is 0 Å². The first-order valence-electron chi connectivity index (χ1n) is 8.49. The van der Waals surface area contributed by atoms with Gasteiger partial charge in [-0.3, -0.25) is 0 Å². The Hall–Kier alpha value is -1.65. The smallest absolute Gasteiger partial charge is 0.206 e. The molecular weight excluding hydrogens is 318 g/mol. The molecule has 0 saturated heterocycles. The van der Waals surface area contributed by atoms with Crippen molar-refractivity contribution in [1.29, 1.82) is 0 Å². The predicted octanol–water partition coefficient (Wildman–Crippen LogP) is 4.07. The van der Waals surface area contributed by atoms with Gasteiger partial charge in [-0.1, -0.05) is 24.3 Å². The molecule has 0 bridgehead atoms. The van der Waals surface area contributed by atoms with Gasteiger partial charge in [0.25, 0.3) is 0 Å². The number of sulfone groups is 1. The van der Waals surface area contributed by atoms with E-state index in [1.807, 2.05) is 18.2 Å². The normalized spacial score (nSPS) is 18.2. The molecule has 128 valence electrons. The molecule has 2 aromatic carbocycles. The summed E-state index contributed by atoms with van der Waals surface area (Å²) in [6.45, 7) is 4.10. The number of rotatable bonds is 4. The first-order valence-corrected chi connectivity index (χ1v) is 9.97. The Morgan fingerprint density at radius 2 is 1.79 bits per heavy atom. The zero-order chi connectivity index (χ0) is 17.4. The second-order valence-corrected chi connectivity index (χ2v) is 9.41. The third kappa shape index (κ3) is 3.55. The fraction of sp³-hybridized carbons (Fsp3) is 0.400. The molecule has 0 amide bonds. The second kappa shape index (κ2) is 6.34. The number of fused-ring (bicyclic) bond motifs is 1. The number of hydrogen-bond donors (Lipinski definition) is 1. The third-order valence-corrected chi connectivity index (χ3v) is 6.46. The van der Waals surface area contributed by atoms with Crippen molar-refractivity contribution in [3.63, 3.8) is 0 Å². The van der Waals surface area contributed by atoms with E-state index in [0.717, 1.165) is 31.2 Å². The summed E-state index contributed by atoms with van der Waals surface area (Å²) in [5.74, 6) is 0.419. The van der Waals surface area contributed by atoms with Gasteiger partial charge in [-0.2, -0.15) is 0 Å². The van der Waals surface area contributed by atoms with Gasteiger partial charge in [-0.05, 0) is 80.8 Å². The van der Waals surface area contributed by atoms with Gasteiger partial charge in [0.1, 0.15) is 0 Å². The van der Waals surface area contributed by atoms with Gasteiger partial charge in [0.15, 0.2) is 0 Å². The van der Waals surface area contributed by atoms with Crippen molar-refractivity contribution in [3.8, 4) is 0 Å². The summed E-state index contributed by atoms with van der Waals surface area (Å²) in [7, 11) is -3.45. The van der Waals surface area contributed by atoms with Gasteiger partial charge in [-0.15, -0.1) is 0 Å². The summed E-state index contributed by atoms with van der Waals surface area (Å²) in [6, 6.07) is 14.3. The number of aryl methyl sites for hydroxylation is 1. The molecule has 1 atom stereocenters. The molecule has 2 aromatic rings. The quantitative estimate of drug-likeness (QED) is 0.910. The molecule has 1 aliphatic rings. The van der Waals surface area contributed by atoms with Crippen molar-refractivity contribution in [3.05, 3.63) is 59.7 Å². The lowest BCUT2D eigenvalue weighted by atomic mass is 9.77. The second-order valence-electron chi connectivity index (χ2n) is 7.46. The zero-order valence-electron chi connectivity index (χ0n) is 14.3. The minimum absolute atomic E-state index is 0.214. The van der Waals surface area contributed by atoms with Gasteiger partial charge in [0.2, 0.25) is 9.84 Å². The number of nitrogens with two attached hydrogens (primary N) is 1. The maximum absolute atomic E-state index is 12.8. The van der Waals surface area contributed by atoms with E-state index in [9.17, 15) is 8.42 Å². The van der Waals surface area contributed by atoms with E-state index in [2.05, 4.69) is 13.8 Å². The molecule has 0 radical (unpaired) electrons. The summed E-state index contributed by atoms with van der Waals surface area (Å²) in [4.78, 5) is 0.737. The lowest BCUT2D eigenvalue weighted by molar-refractivity contribution is 0.393. The topological polar surface area (TPSA) is 60.2 Å². The highest BCUT2D eigenvalue weighted by Gasteiger charge is 2.27. The van der Waals surface area contributed by atoms with E-state index >= 15 is 0 Å². The largest absolute Gasteiger partial charge is 0.326 e. The molecule has 0 fully saturated rings. The minimum atomic E-state index is -3.45. The van der Waals surface area contributed by atoms with E-state index < -0.39 is 9.84 Å². The van der Waals surface area contributed by atoms with Crippen molar-refractivity contribution in [2.45, 2.75) is 60.8 Å². The molecule has 1 aliphatic carbocycles. The van der Waals surface area contributed by atoms with Crippen molar-refractivity contribution >= 4 is 9.84 Å². The standard InChI is InChI=1S/C20H25NO2S/c1-20(2,21)14-16-8-6-7-15-13-18(11-12-19(15)16)24(22,23)17-9-4-3-5-10-17/h3-5,9-13,16H,6-8,14,21H2,1-2H3/t16-/m1/s1. The average Bonchev–Trinajstić information content (AvgIpc) is 2.54. The lowest BCUT2D eigenvalue weighted by Gasteiger charge is -2.31. The Bertz CT molecular complexity index is 820. The number of benzene rings is 2. The fourth-order valence-electron chi connectivity index (χ4n) is 3.64. The molecule has 0 unspecified atom stereocenters. The van der Waals surface area contributed by atoms with Gasteiger partial charge in [0.05, 0.1) is 9.79 Å². The fourth-order valence-corrected chi connectivity index (χ4v) is 4.97. The van der Waals surface area contributed by atoms with Gasteiger partial charge in [-0.25, -0.2) is 8.42 Å². The highest BCUT2D eigenvalue weighted by atomic mass is 32.2. The summed E-state index contributed by atoms with van der Waals surface area (Å²) in [6.07, 6.45) is 4.07. The van der Waals surface area contributed by atoms with Crippen molar-refractivity contribution in [2.75, 3.05) is 0 Å². The molecule has 3 rings (SSSR count). The molecule has 0 heterocycles. The Morgan fingerprint density at radius 3 is 2.46 bits per heavy atom. The van der Waals surface area contributed by atoms with Crippen LogP contribution in [0.3, 0.4) is 0 Å². The van der Waals surface area contributed by atoms with Crippen LogP contribution in [0.4, 0.5) is 0 Å². The van der Waals surface area contributed by atoms with Crippen molar-refractivity contribution < 1.29 is 8.42 Å². The van der Waals surface area contributed by atoms with Crippen LogP contribution in [-0.2, 0) is 16.3 Å². The summed E-state index contributed by atoms with van der Waals surface area (Å²) in [5, 5.41) is 0. The summed E-state index contributed by atoms with van der Waals surface area (Å²) < 4.78 is 25.6. The maximum atomic E-state index is 12.8. The van der Waals surface area contributed by atoms with Gasteiger partial charge >= 0.3 is 0 Å². The Morgan fingerprint density at radius 1 is 1.08 bits per heavy atom. The van der Waals surface area contributed by atoms with Crippen molar-refractivity contribution in [1.82, 2.24) is 0 Å². The number of hydrogen-bond acceptors (Lipinski definition) is 3. The van der Waals surface area contributed by atoms with E-state index in [1.165, 1.54) is 5.56 Å². The predicted molar refractivity (Wildman–Crippen MR) is 96.9 cm³/mol. The molecular formula is C20H25NO2S. The first kappa shape index (κ1) is 17.2. The molecule has 24 heavy (non-hydrogen) atoms. The van der Waals surface area contributed by atoms with Crippen LogP contribution in [-0.4, -0.2) is 14.0 Å². The average molecular weight is 343 g/mol. The van der Waals surface area contributed by atoms with Crippen LogP contribution < -0.4 is 5.73 Å². The summed E-state index contributed by atoms with van der Waals surface area (Å²) in [5.41, 5.74) is 8.42. The van der Waals surface area contributed by atoms with Crippen LogP contribution >= 0.6 is 0 Å². The van der Waals surface area contributed by atoms with Crippen LogP contribution in [0.25, 0.3) is 0 Å². The summed E-state index contributed by atoms with van der Waals surface area (Å²) >= 11 is 0. The Balaban J connectivity index is 1.97. The van der Waals surface area contributed by atoms with E-state index in [1.54, 1.807) is 30.3 Å². The van der Waals surface area contributed by atoms with E-state index in [4.69, 9.17) is 5.73 Å². The molecule has 2 N–H and O–H groups in total. The van der Waals surface area contributed by atoms with Crippen LogP contribution in [0.1, 0.15) is 50.2 Å². The minimum Gasteiger partial charge on any atom is -0.326 e.